The standard InChI is InChI=1S/C14H18N4O2S/c1-8-6-7-10(21-8)13(19)15-11-9(2)18(5)16-12(11)14(20)17(3)4/h6-7H,1-5H3,(H,15,19). The van der Waals surface area contributed by atoms with Crippen molar-refractivity contribution in [3.63, 3.8) is 0 Å². The normalized spacial score (nSPS) is 10.5. The fourth-order valence-corrected chi connectivity index (χ4v) is 2.61. The van der Waals surface area contributed by atoms with Crippen molar-refractivity contribution >= 4 is 28.8 Å². The second-order valence-corrected chi connectivity index (χ2v) is 6.28. The summed E-state index contributed by atoms with van der Waals surface area (Å²) >= 11 is 1.41. The molecule has 0 bridgehead atoms. The van der Waals surface area contributed by atoms with E-state index in [4.69, 9.17) is 0 Å². The summed E-state index contributed by atoms with van der Waals surface area (Å²) in [5.41, 5.74) is 1.45. The minimum atomic E-state index is -0.239. The number of thiophene rings is 1. The number of anilines is 1. The maximum absolute atomic E-state index is 12.3. The molecular weight excluding hydrogens is 288 g/mol. The Hall–Kier alpha value is -2.15. The Labute approximate surface area is 127 Å². The third kappa shape index (κ3) is 2.97. The van der Waals surface area contributed by atoms with Crippen molar-refractivity contribution in [1.82, 2.24) is 14.7 Å². The van der Waals surface area contributed by atoms with Gasteiger partial charge in [-0.3, -0.25) is 14.3 Å². The highest BCUT2D eigenvalue weighted by atomic mass is 32.1. The van der Waals surface area contributed by atoms with Gasteiger partial charge in [0, 0.05) is 26.0 Å². The number of hydrogen-bond donors (Lipinski definition) is 1. The first-order valence-corrected chi connectivity index (χ1v) is 7.26. The number of aryl methyl sites for hydroxylation is 2. The van der Waals surface area contributed by atoms with Crippen molar-refractivity contribution in [2.45, 2.75) is 13.8 Å². The maximum Gasteiger partial charge on any atom is 0.276 e. The summed E-state index contributed by atoms with van der Waals surface area (Å²) in [5.74, 6) is -0.464. The zero-order valence-electron chi connectivity index (χ0n) is 12.7. The first-order valence-electron chi connectivity index (χ1n) is 6.44. The molecule has 0 saturated carbocycles. The van der Waals surface area contributed by atoms with Gasteiger partial charge in [-0.05, 0) is 26.0 Å². The Morgan fingerprint density at radius 3 is 2.48 bits per heavy atom. The molecule has 2 heterocycles. The molecule has 0 aliphatic rings. The van der Waals surface area contributed by atoms with Gasteiger partial charge in [-0.1, -0.05) is 0 Å². The molecule has 0 unspecified atom stereocenters. The lowest BCUT2D eigenvalue weighted by atomic mass is 10.2. The van der Waals surface area contributed by atoms with Crippen LogP contribution in [0.15, 0.2) is 12.1 Å². The van der Waals surface area contributed by atoms with Crippen LogP contribution in [-0.4, -0.2) is 40.6 Å². The van der Waals surface area contributed by atoms with Crippen LogP contribution in [0.5, 0.6) is 0 Å². The van der Waals surface area contributed by atoms with E-state index in [0.717, 1.165) is 10.6 Å². The smallest absolute Gasteiger partial charge is 0.276 e. The molecule has 0 aliphatic heterocycles. The summed E-state index contributed by atoms with van der Waals surface area (Å²) in [5, 5.41) is 7.00. The van der Waals surface area contributed by atoms with Crippen LogP contribution in [0.25, 0.3) is 0 Å². The molecule has 0 fully saturated rings. The number of nitrogens with one attached hydrogen (secondary N) is 1. The van der Waals surface area contributed by atoms with Gasteiger partial charge in [0.2, 0.25) is 0 Å². The topological polar surface area (TPSA) is 67.2 Å². The van der Waals surface area contributed by atoms with Crippen LogP contribution in [0.3, 0.4) is 0 Å². The zero-order chi connectivity index (χ0) is 15.7. The number of amides is 2. The molecule has 0 aliphatic carbocycles. The summed E-state index contributed by atoms with van der Waals surface area (Å²) < 4.78 is 1.59. The third-order valence-electron chi connectivity index (χ3n) is 3.15. The summed E-state index contributed by atoms with van der Waals surface area (Å²) in [7, 11) is 5.05. The second kappa shape index (κ2) is 5.69. The highest BCUT2D eigenvalue weighted by molar-refractivity contribution is 7.14. The van der Waals surface area contributed by atoms with Gasteiger partial charge < -0.3 is 10.2 Å². The Bertz CT molecular complexity index is 700. The van der Waals surface area contributed by atoms with E-state index in [2.05, 4.69) is 10.4 Å². The number of aromatic nitrogens is 2. The zero-order valence-corrected chi connectivity index (χ0v) is 13.5. The van der Waals surface area contributed by atoms with E-state index in [1.165, 1.54) is 16.2 Å². The van der Waals surface area contributed by atoms with E-state index >= 15 is 0 Å². The van der Waals surface area contributed by atoms with Crippen molar-refractivity contribution in [1.29, 1.82) is 0 Å². The fraction of sp³-hybridized carbons (Fsp3) is 0.357. The second-order valence-electron chi connectivity index (χ2n) is 5.00. The SMILES string of the molecule is Cc1ccc(C(=O)Nc2c(C(=O)N(C)C)nn(C)c2C)s1. The van der Waals surface area contributed by atoms with Gasteiger partial charge in [0.1, 0.15) is 0 Å². The Balaban J connectivity index is 2.35. The lowest BCUT2D eigenvalue weighted by molar-refractivity contribution is 0.0822. The van der Waals surface area contributed by atoms with E-state index in [1.54, 1.807) is 31.9 Å². The third-order valence-corrected chi connectivity index (χ3v) is 4.14. The molecule has 1 N–H and O–H groups in total. The highest BCUT2D eigenvalue weighted by Crippen LogP contribution is 2.23. The van der Waals surface area contributed by atoms with E-state index in [9.17, 15) is 9.59 Å². The molecule has 6 nitrogen and oxygen atoms in total. The molecule has 0 saturated heterocycles. The summed E-state index contributed by atoms with van der Waals surface area (Å²) in [6, 6.07) is 3.66. The molecule has 2 amide bonds. The number of rotatable bonds is 3. The van der Waals surface area contributed by atoms with Gasteiger partial charge >= 0.3 is 0 Å². The van der Waals surface area contributed by atoms with E-state index in [-0.39, 0.29) is 17.5 Å². The van der Waals surface area contributed by atoms with Crippen molar-refractivity contribution in [2.24, 2.45) is 7.05 Å². The molecule has 2 aromatic heterocycles. The highest BCUT2D eigenvalue weighted by Gasteiger charge is 2.23. The van der Waals surface area contributed by atoms with Crippen LogP contribution in [0, 0.1) is 13.8 Å². The van der Waals surface area contributed by atoms with Crippen molar-refractivity contribution < 1.29 is 9.59 Å². The molecule has 0 spiro atoms. The van der Waals surface area contributed by atoms with Gasteiger partial charge in [-0.2, -0.15) is 5.10 Å². The monoisotopic (exact) mass is 306 g/mol. The molecule has 0 atom stereocenters. The first-order chi connectivity index (χ1) is 9.81. The van der Waals surface area contributed by atoms with Gasteiger partial charge in [-0.15, -0.1) is 11.3 Å². The average Bonchev–Trinajstić information content (AvgIpc) is 2.96. The van der Waals surface area contributed by atoms with E-state index in [1.807, 2.05) is 19.9 Å². The Kier molecular flexibility index (Phi) is 4.13. The van der Waals surface area contributed by atoms with Gasteiger partial charge in [0.15, 0.2) is 5.69 Å². The first kappa shape index (κ1) is 15.2. The maximum atomic E-state index is 12.3. The predicted molar refractivity (Wildman–Crippen MR) is 83.0 cm³/mol. The largest absolute Gasteiger partial charge is 0.343 e. The van der Waals surface area contributed by atoms with Crippen LogP contribution in [-0.2, 0) is 7.05 Å². The van der Waals surface area contributed by atoms with Crippen molar-refractivity contribution in [3.05, 3.63) is 33.3 Å². The van der Waals surface area contributed by atoms with Crippen molar-refractivity contribution in [2.75, 3.05) is 19.4 Å². The molecule has 112 valence electrons. The molecule has 21 heavy (non-hydrogen) atoms. The van der Waals surface area contributed by atoms with Crippen LogP contribution in [0.2, 0.25) is 0 Å². The minimum absolute atomic E-state index is 0.225. The Morgan fingerprint density at radius 1 is 1.29 bits per heavy atom. The number of nitrogens with zero attached hydrogens (tertiary/aromatic N) is 3. The summed E-state index contributed by atoms with van der Waals surface area (Å²) in [6.45, 7) is 3.76. The number of carbonyl (C=O) groups excluding carboxylic acids is 2. The molecule has 0 aromatic carbocycles. The lowest BCUT2D eigenvalue weighted by Crippen LogP contribution is -2.24. The quantitative estimate of drug-likeness (QED) is 0.943. The van der Waals surface area contributed by atoms with Crippen LogP contribution in [0.4, 0.5) is 5.69 Å². The van der Waals surface area contributed by atoms with Crippen LogP contribution >= 0.6 is 11.3 Å². The molecule has 0 radical (unpaired) electrons. The van der Waals surface area contributed by atoms with Crippen LogP contribution < -0.4 is 5.32 Å². The number of hydrogen-bond acceptors (Lipinski definition) is 4. The molecule has 2 rings (SSSR count). The van der Waals surface area contributed by atoms with Crippen molar-refractivity contribution in [3.8, 4) is 0 Å². The number of carbonyl (C=O) groups is 2. The van der Waals surface area contributed by atoms with Crippen LogP contribution in [0.1, 0.15) is 30.7 Å². The molecular formula is C14H18N4O2S. The van der Waals surface area contributed by atoms with Gasteiger partial charge in [-0.25, -0.2) is 0 Å². The summed E-state index contributed by atoms with van der Waals surface area (Å²) in [6.07, 6.45) is 0. The minimum Gasteiger partial charge on any atom is -0.343 e. The van der Waals surface area contributed by atoms with Gasteiger partial charge in [0.25, 0.3) is 11.8 Å². The predicted octanol–water partition coefficient (Wildman–Crippen LogP) is 2.05. The molecule has 7 heteroatoms. The fourth-order valence-electron chi connectivity index (χ4n) is 1.85. The Morgan fingerprint density at radius 2 is 1.95 bits per heavy atom. The van der Waals surface area contributed by atoms with Gasteiger partial charge in [0.05, 0.1) is 16.3 Å². The summed E-state index contributed by atoms with van der Waals surface area (Å²) in [4.78, 5) is 27.5. The lowest BCUT2D eigenvalue weighted by Gasteiger charge is -2.10. The van der Waals surface area contributed by atoms with E-state index in [0.29, 0.717) is 10.6 Å². The average molecular weight is 306 g/mol. The molecule has 2 aromatic rings. The van der Waals surface area contributed by atoms with E-state index < -0.39 is 0 Å².